The van der Waals surface area contributed by atoms with E-state index in [1.165, 1.54) is 71.7 Å². The van der Waals surface area contributed by atoms with Gasteiger partial charge in [0.05, 0.1) is 11.0 Å². The molecule has 6 aromatic rings. The Hall–Kier alpha value is -4.62. The number of hydrogen-bond acceptors (Lipinski definition) is 0. The highest BCUT2D eigenvalue weighted by molar-refractivity contribution is 6.14. The summed E-state index contributed by atoms with van der Waals surface area (Å²) < 4.78 is 2.43. The molecule has 39 heavy (non-hydrogen) atoms. The predicted octanol–water partition coefficient (Wildman–Crippen LogP) is 10.8. The molecule has 1 aromatic heterocycles. The van der Waals surface area contributed by atoms with Crippen molar-refractivity contribution in [2.75, 3.05) is 0 Å². The first-order valence-electron chi connectivity index (χ1n) is 13.9. The molecule has 1 nitrogen and oxygen atoms in total. The van der Waals surface area contributed by atoms with Crippen molar-refractivity contribution in [2.24, 2.45) is 0 Å². The molecule has 5 aromatic carbocycles. The van der Waals surface area contributed by atoms with Crippen molar-refractivity contribution in [3.8, 4) is 22.3 Å². The van der Waals surface area contributed by atoms with E-state index >= 15 is 0 Å². The van der Waals surface area contributed by atoms with Crippen LogP contribution in [0.25, 0.3) is 66.6 Å². The molecule has 1 heteroatoms. The van der Waals surface area contributed by atoms with Crippen LogP contribution < -0.4 is 0 Å². The third-order valence-corrected chi connectivity index (χ3v) is 8.10. The topological polar surface area (TPSA) is 4.93 Å². The Bertz CT molecular complexity index is 1960. The zero-order chi connectivity index (χ0) is 26.3. The van der Waals surface area contributed by atoms with Gasteiger partial charge in [-0.2, -0.15) is 0 Å². The maximum absolute atomic E-state index is 2.43. The van der Waals surface area contributed by atoms with Crippen molar-refractivity contribution in [2.45, 2.75) is 26.7 Å². The molecule has 0 unspecified atom stereocenters. The number of para-hydroxylation sites is 1. The van der Waals surface area contributed by atoms with E-state index in [4.69, 9.17) is 0 Å². The fourth-order valence-electron chi connectivity index (χ4n) is 6.42. The van der Waals surface area contributed by atoms with Crippen LogP contribution in [0.3, 0.4) is 0 Å². The van der Waals surface area contributed by atoms with Gasteiger partial charge in [0, 0.05) is 16.5 Å². The summed E-state index contributed by atoms with van der Waals surface area (Å²) in [6.07, 6.45) is 13.6. The van der Waals surface area contributed by atoms with Gasteiger partial charge < -0.3 is 4.57 Å². The zero-order valence-electron chi connectivity index (χ0n) is 22.5. The molecule has 0 bridgehead atoms. The van der Waals surface area contributed by atoms with Gasteiger partial charge in [0.2, 0.25) is 0 Å². The van der Waals surface area contributed by atoms with Gasteiger partial charge in [0.15, 0.2) is 0 Å². The van der Waals surface area contributed by atoms with Crippen LogP contribution in [0.4, 0.5) is 0 Å². The first-order chi connectivity index (χ1) is 19.3. The second-order valence-corrected chi connectivity index (χ2v) is 10.4. The molecular weight excluding hydrogens is 470 g/mol. The summed E-state index contributed by atoms with van der Waals surface area (Å²) in [6, 6.07) is 35.6. The first-order valence-corrected chi connectivity index (χ1v) is 13.9. The van der Waals surface area contributed by atoms with E-state index in [2.05, 4.69) is 146 Å². The molecule has 0 spiro atoms. The Morgan fingerprint density at radius 3 is 2.08 bits per heavy atom. The summed E-state index contributed by atoms with van der Waals surface area (Å²) >= 11 is 0. The molecule has 1 aliphatic carbocycles. The van der Waals surface area contributed by atoms with E-state index < -0.39 is 0 Å². The second-order valence-electron chi connectivity index (χ2n) is 10.4. The summed E-state index contributed by atoms with van der Waals surface area (Å²) in [5, 5.41) is 5.17. The van der Waals surface area contributed by atoms with Crippen molar-refractivity contribution in [1.29, 1.82) is 0 Å². The lowest BCUT2D eigenvalue weighted by Crippen LogP contribution is -1.97. The molecule has 7 rings (SSSR count). The number of aromatic nitrogens is 1. The van der Waals surface area contributed by atoms with Gasteiger partial charge in [-0.15, -0.1) is 0 Å². The van der Waals surface area contributed by atoms with E-state index in [0.717, 1.165) is 12.8 Å². The van der Waals surface area contributed by atoms with Crippen molar-refractivity contribution < 1.29 is 0 Å². The zero-order valence-corrected chi connectivity index (χ0v) is 22.5. The van der Waals surface area contributed by atoms with Gasteiger partial charge in [0.25, 0.3) is 0 Å². The van der Waals surface area contributed by atoms with Gasteiger partial charge in [-0.25, -0.2) is 0 Å². The quantitative estimate of drug-likeness (QED) is 0.226. The molecule has 0 atom stereocenters. The van der Waals surface area contributed by atoms with Crippen LogP contribution in [-0.2, 0) is 0 Å². The molecule has 0 fully saturated rings. The number of hydrogen-bond donors (Lipinski definition) is 0. The van der Waals surface area contributed by atoms with E-state index in [1.807, 2.05) is 0 Å². The lowest BCUT2D eigenvalue weighted by molar-refractivity contribution is 1.02. The smallest absolute Gasteiger partial charge is 0.0541 e. The standard InChI is InChI=1S/C38H31N/c1-3-14-30-26(2)37(27-15-6-4-7-16-27)32-20-10-11-21-33(32)38(30)28-23-24-36-34(25-28)31-19-12-13-22-35(31)39(36)29-17-8-5-9-18-29/h3-4,6-8,10-25H,5,9H2,1-2H3/b14-3-. The van der Waals surface area contributed by atoms with Crippen LogP contribution in [0.2, 0.25) is 0 Å². The second kappa shape index (κ2) is 9.60. The fourth-order valence-corrected chi connectivity index (χ4v) is 6.42. The molecule has 188 valence electrons. The number of rotatable bonds is 4. The van der Waals surface area contributed by atoms with Crippen LogP contribution in [0.15, 0.2) is 121 Å². The van der Waals surface area contributed by atoms with Crippen LogP contribution in [-0.4, -0.2) is 4.57 Å². The third kappa shape index (κ3) is 3.77. The lowest BCUT2D eigenvalue weighted by atomic mass is 9.83. The van der Waals surface area contributed by atoms with Crippen molar-refractivity contribution >= 4 is 44.4 Å². The van der Waals surface area contributed by atoms with Crippen LogP contribution >= 0.6 is 0 Å². The van der Waals surface area contributed by atoms with E-state index in [1.54, 1.807) is 0 Å². The Morgan fingerprint density at radius 1 is 0.641 bits per heavy atom. The Balaban J connectivity index is 1.56. The number of nitrogens with zero attached hydrogens (tertiary/aromatic N) is 1. The molecule has 0 saturated heterocycles. The first kappa shape index (κ1) is 23.5. The predicted molar refractivity (Wildman–Crippen MR) is 170 cm³/mol. The van der Waals surface area contributed by atoms with Gasteiger partial charge in [-0.1, -0.05) is 103 Å². The number of allylic oxidation sites excluding steroid dienone is 5. The summed E-state index contributed by atoms with van der Waals surface area (Å²) in [5.74, 6) is 0. The number of benzene rings is 5. The van der Waals surface area contributed by atoms with E-state index in [-0.39, 0.29) is 0 Å². The van der Waals surface area contributed by atoms with Crippen LogP contribution in [0.1, 0.15) is 30.9 Å². The van der Waals surface area contributed by atoms with Crippen molar-refractivity contribution in [3.05, 3.63) is 132 Å². The molecule has 0 radical (unpaired) electrons. The number of fused-ring (bicyclic) bond motifs is 4. The minimum absolute atomic E-state index is 1.09. The Labute approximate surface area is 230 Å². The lowest BCUT2D eigenvalue weighted by Gasteiger charge is -2.20. The Morgan fingerprint density at radius 2 is 1.33 bits per heavy atom. The highest BCUT2D eigenvalue weighted by Crippen LogP contribution is 2.44. The van der Waals surface area contributed by atoms with Gasteiger partial charge in [-0.05, 0) is 95.1 Å². The minimum Gasteiger partial charge on any atom is -0.310 e. The summed E-state index contributed by atoms with van der Waals surface area (Å²) in [6.45, 7) is 4.39. The highest BCUT2D eigenvalue weighted by Gasteiger charge is 2.20. The fraction of sp³-hybridized carbons (Fsp3) is 0.105. The molecule has 0 amide bonds. The average molecular weight is 502 g/mol. The Kier molecular flexibility index (Phi) is 5.78. The van der Waals surface area contributed by atoms with Crippen LogP contribution in [0, 0.1) is 6.92 Å². The van der Waals surface area contributed by atoms with E-state index in [9.17, 15) is 0 Å². The average Bonchev–Trinajstić information content (AvgIpc) is 3.32. The molecule has 1 heterocycles. The largest absolute Gasteiger partial charge is 0.310 e. The van der Waals surface area contributed by atoms with E-state index in [0.29, 0.717) is 0 Å². The maximum Gasteiger partial charge on any atom is 0.0541 e. The molecule has 0 saturated carbocycles. The van der Waals surface area contributed by atoms with Gasteiger partial charge >= 0.3 is 0 Å². The third-order valence-electron chi connectivity index (χ3n) is 8.10. The summed E-state index contributed by atoms with van der Waals surface area (Å²) in [4.78, 5) is 0. The maximum atomic E-state index is 2.43. The molecule has 1 aliphatic rings. The molecular formula is C38H31N. The SMILES string of the molecule is C/C=C\c1c(C)c(-c2ccccc2)c2ccccc2c1-c1ccc2c(c1)c1ccccc1n2C1=CCCC=C1. The summed E-state index contributed by atoms with van der Waals surface area (Å²) in [5.41, 5.74) is 11.5. The highest BCUT2D eigenvalue weighted by atomic mass is 15.0. The summed E-state index contributed by atoms with van der Waals surface area (Å²) in [7, 11) is 0. The van der Waals surface area contributed by atoms with Gasteiger partial charge in [-0.3, -0.25) is 0 Å². The van der Waals surface area contributed by atoms with Crippen LogP contribution in [0.5, 0.6) is 0 Å². The van der Waals surface area contributed by atoms with Gasteiger partial charge in [0.1, 0.15) is 0 Å². The van der Waals surface area contributed by atoms with Crippen molar-refractivity contribution in [3.63, 3.8) is 0 Å². The van der Waals surface area contributed by atoms with Crippen molar-refractivity contribution in [1.82, 2.24) is 4.57 Å². The monoisotopic (exact) mass is 501 g/mol. The normalized spacial score (nSPS) is 13.6. The minimum atomic E-state index is 1.09. The molecule has 0 N–H and O–H groups in total. The molecule has 0 aliphatic heterocycles.